The first-order valence-electron chi connectivity index (χ1n) is 7.93. The third kappa shape index (κ3) is 3.07. The van der Waals surface area contributed by atoms with E-state index >= 15 is 0 Å². The normalized spacial score (nSPS) is 22.1. The predicted molar refractivity (Wildman–Crippen MR) is 83.6 cm³/mol. The van der Waals surface area contributed by atoms with E-state index in [1.165, 1.54) is 19.3 Å². The summed E-state index contributed by atoms with van der Waals surface area (Å²) in [7, 11) is 0. The highest BCUT2D eigenvalue weighted by Gasteiger charge is 2.27. The van der Waals surface area contributed by atoms with Crippen LogP contribution >= 0.6 is 0 Å². The van der Waals surface area contributed by atoms with Crippen LogP contribution in [0, 0.1) is 11.8 Å². The summed E-state index contributed by atoms with van der Waals surface area (Å²) >= 11 is 0. The average molecular weight is 282 g/mol. The summed E-state index contributed by atoms with van der Waals surface area (Å²) in [5, 5.41) is 4.46. The average Bonchev–Trinajstić information content (AvgIpc) is 3.05. The van der Waals surface area contributed by atoms with Crippen LogP contribution in [0.2, 0.25) is 0 Å². The molecule has 0 aliphatic heterocycles. The lowest BCUT2D eigenvalue weighted by Gasteiger charge is -2.26. The van der Waals surface area contributed by atoms with Crippen molar-refractivity contribution in [3.8, 4) is 5.69 Å². The summed E-state index contributed by atoms with van der Waals surface area (Å²) in [6.45, 7) is 2.24. The fraction of sp³-hybridized carbons (Fsp3) is 0.444. The molecule has 1 saturated carbocycles. The Hall–Kier alpha value is -1.90. The summed E-state index contributed by atoms with van der Waals surface area (Å²) in [4.78, 5) is 12.6. The second-order valence-electron chi connectivity index (χ2n) is 5.97. The molecule has 1 aliphatic carbocycles. The van der Waals surface area contributed by atoms with E-state index in [0.29, 0.717) is 5.69 Å². The van der Waals surface area contributed by atoms with Gasteiger partial charge in [-0.3, -0.25) is 4.79 Å². The Morgan fingerprint density at radius 3 is 2.52 bits per heavy atom. The molecule has 1 aliphatic rings. The fourth-order valence-corrected chi connectivity index (χ4v) is 3.22. The smallest absolute Gasteiger partial charge is 0.186 e. The van der Waals surface area contributed by atoms with Crippen molar-refractivity contribution < 1.29 is 4.79 Å². The number of aromatic nitrogens is 2. The number of carbonyl (C=O) groups excluding carboxylic acids is 1. The quantitative estimate of drug-likeness (QED) is 0.785. The van der Waals surface area contributed by atoms with Crippen molar-refractivity contribution in [3.63, 3.8) is 0 Å². The molecule has 0 radical (unpaired) electrons. The number of para-hydroxylation sites is 1. The van der Waals surface area contributed by atoms with Gasteiger partial charge in [-0.2, -0.15) is 5.10 Å². The molecule has 0 atom stereocenters. The number of carbonyl (C=O) groups is 1. The Morgan fingerprint density at radius 1 is 1.14 bits per heavy atom. The Morgan fingerprint density at radius 2 is 1.86 bits per heavy atom. The molecular formula is C18H22N2O. The minimum atomic E-state index is 0.173. The summed E-state index contributed by atoms with van der Waals surface area (Å²) in [5.41, 5.74) is 1.60. The molecular weight excluding hydrogens is 260 g/mol. The Kier molecular flexibility index (Phi) is 4.18. The lowest BCUT2D eigenvalue weighted by molar-refractivity contribution is 0.0865. The van der Waals surface area contributed by atoms with Gasteiger partial charge in [-0.15, -0.1) is 0 Å². The summed E-state index contributed by atoms with van der Waals surface area (Å²) in [5.74, 6) is 1.21. The molecule has 2 aromatic rings. The van der Waals surface area contributed by atoms with Gasteiger partial charge in [0.1, 0.15) is 5.69 Å². The predicted octanol–water partition coefficient (Wildman–Crippen LogP) is 4.27. The molecule has 21 heavy (non-hydrogen) atoms. The van der Waals surface area contributed by atoms with Crippen LogP contribution in [0.3, 0.4) is 0 Å². The Balaban J connectivity index is 1.70. The fourth-order valence-electron chi connectivity index (χ4n) is 3.22. The first-order chi connectivity index (χ1) is 10.3. The largest absolute Gasteiger partial charge is 0.292 e. The molecule has 1 fully saturated rings. The summed E-state index contributed by atoms with van der Waals surface area (Å²) in [6, 6.07) is 11.8. The molecule has 0 N–H and O–H groups in total. The van der Waals surface area contributed by atoms with Crippen molar-refractivity contribution in [2.24, 2.45) is 11.8 Å². The van der Waals surface area contributed by atoms with Gasteiger partial charge >= 0.3 is 0 Å². The lowest BCUT2D eigenvalue weighted by Crippen LogP contribution is -2.22. The lowest BCUT2D eigenvalue weighted by atomic mass is 9.78. The topological polar surface area (TPSA) is 34.9 Å². The van der Waals surface area contributed by atoms with Gasteiger partial charge in [-0.05, 0) is 49.8 Å². The van der Waals surface area contributed by atoms with E-state index < -0.39 is 0 Å². The van der Waals surface area contributed by atoms with Crippen LogP contribution in [0.25, 0.3) is 5.69 Å². The molecule has 0 saturated heterocycles. The van der Waals surface area contributed by atoms with Crippen LogP contribution in [0.15, 0.2) is 42.6 Å². The highest BCUT2D eigenvalue weighted by atomic mass is 16.1. The molecule has 0 spiro atoms. The van der Waals surface area contributed by atoms with Crippen molar-refractivity contribution in [3.05, 3.63) is 48.3 Å². The summed E-state index contributed by atoms with van der Waals surface area (Å²) < 4.78 is 1.78. The van der Waals surface area contributed by atoms with Crippen LogP contribution in [0.5, 0.6) is 0 Å². The molecule has 0 amide bonds. The van der Waals surface area contributed by atoms with Crippen molar-refractivity contribution in [1.82, 2.24) is 9.78 Å². The highest BCUT2D eigenvalue weighted by molar-refractivity contribution is 5.96. The molecule has 1 aromatic carbocycles. The van der Waals surface area contributed by atoms with Gasteiger partial charge in [0.25, 0.3) is 0 Å². The minimum absolute atomic E-state index is 0.173. The van der Waals surface area contributed by atoms with Gasteiger partial charge in [0, 0.05) is 12.1 Å². The third-order valence-corrected chi connectivity index (χ3v) is 4.66. The first-order valence-corrected chi connectivity index (χ1v) is 7.93. The second-order valence-corrected chi connectivity index (χ2v) is 5.97. The first kappa shape index (κ1) is 14.1. The molecule has 3 heteroatoms. The number of hydrogen-bond donors (Lipinski definition) is 0. The minimum Gasteiger partial charge on any atom is -0.292 e. The van der Waals surface area contributed by atoms with Crippen molar-refractivity contribution in [2.75, 3.05) is 0 Å². The van der Waals surface area contributed by atoms with Crippen molar-refractivity contribution in [2.45, 2.75) is 39.0 Å². The van der Waals surface area contributed by atoms with Crippen LogP contribution in [-0.4, -0.2) is 15.6 Å². The Bertz CT molecular complexity index is 595. The summed E-state index contributed by atoms with van der Waals surface area (Å²) in [6.07, 6.45) is 7.54. The number of nitrogens with zero attached hydrogens (tertiary/aromatic N) is 2. The number of ketones is 1. The standard InChI is InChI=1S/C18H22N2O/c1-2-14-8-10-15(11-9-14)18(21)17-12-13-20(19-17)16-6-4-3-5-7-16/h3-7,12-15H,2,8-11H2,1H3. The van der Waals surface area contributed by atoms with Gasteiger partial charge < -0.3 is 0 Å². The van der Waals surface area contributed by atoms with Gasteiger partial charge in [0.15, 0.2) is 5.78 Å². The zero-order valence-electron chi connectivity index (χ0n) is 12.5. The number of hydrogen-bond acceptors (Lipinski definition) is 2. The SMILES string of the molecule is CCC1CCC(C(=O)c2ccn(-c3ccccc3)n2)CC1. The number of benzene rings is 1. The van der Waals surface area contributed by atoms with Crippen LogP contribution in [-0.2, 0) is 0 Å². The van der Waals surface area contributed by atoms with E-state index in [1.807, 2.05) is 42.6 Å². The second kappa shape index (κ2) is 6.25. The zero-order valence-corrected chi connectivity index (χ0v) is 12.5. The molecule has 0 bridgehead atoms. The Labute approximate surface area is 126 Å². The molecule has 110 valence electrons. The van der Waals surface area contributed by atoms with Crippen molar-refractivity contribution >= 4 is 5.78 Å². The zero-order chi connectivity index (χ0) is 14.7. The molecule has 3 rings (SSSR count). The van der Waals surface area contributed by atoms with E-state index in [0.717, 1.165) is 24.4 Å². The van der Waals surface area contributed by atoms with E-state index in [1.54, 1.807) is 4.68 Å². The molecule has 3 nitrogen and oxygen atoms in total. The van der Waals surface area contributed by atoms with Crippen LogP contribution in [0.4, 0.5) is 0 Å². The monoisotopic (exact) mass is 282 g/mol. The van der Waals surface area contributed by atoms with Crippen molar-refractivity contribution in [1.29, 1.82) is 0 Å². The van der Waals surface area contributed by atoms with Gasteiger partial charge in [0.2, 0.25) is 0 Å². The van der Waals surface area contributed by atoms with Gasteiger partial charge in [0.05, 0.1) is 5.69 Å². The van der Waals surface area contributed by atoms with Crippen LogP contribution in [0.1, 0.15) is 49.5 Å². The maximum Gasteiger partial charge on any atom is 0.186 e. The maximum atomic E-state index is 12.6. The number of rotatable bonds is 4. The van der Waals surface area contributed by atoms with E-state index in [2.05, 4.69) is 12.0 Å². The highest BCUT2D eigenvalue weighted by Crippen LogP contribution is 2.32. The number of Topliss-reactive ketones (excluding diaryl/α,β-unsaturated/α-hetero) is 1. The molecule has 0 unspecified atom stereocenters. The molecule has 1 aromatic heterocycles. The van der Waals surface area contributed by atoms with E-state index in [9.17, 15) is 4.79 Å². The maximum absolute atomic E-state index is 12.6. The molecule has 1 heterocycles. The van der Waals surface area contributed by atoms with E-state index in [4.69, 9.17) is 0 Å². The van der Waals surface area contributed by atoms with Gasteiger partial charge in [-0.25, -0.2) is 4.68 Å². The van der Waals surface area contributed by atoms with Gasteiger partial charge in [-0.1, -0.05) is 31.5 Å². The van der Waals surface area contributed by atoms with Crippen LogP contribution < -0.4 is 0 Å². The third-order valence-electron chi connectivity index (χ3n) is 4.66. The van der Waals surface area contributed by atoms with E-state index in [-0.39, 0.29) is 11.7 Å².